The fourth-order valence-corrected chi connectivity index (χ4v) is 3.37. The number of carbonyl (C=O) groups is 4. The number of esters is 3. The Balaban J connectivity index is 2.39. The smallest absolute Gasteiger partial charge is 0.408 e. The minimum atomic E-state index is -2.32. The predicted octanol–water partition coefficient (Wildman–Crippen LogP) is 2.80. The van der Waals surface area contributed by atoms with Gasteiger partial charge in [-0.15, -0.1) is 0 Å². The van der Waals surface area contributed by atoms with Crippen LogP contribution in [0.5, 0.6) is 0 Å². The maximum atomic E-state index is 12.7. The van der Waals surface area contributed by atoms with E-state index in [-0.39, 0.29) is 6.61 Å². The molecule has 1 saturated heterocycles. The second-order valence-corrected chi connectivity index (χ2v) is 9.95. The van der Waals surface area contributed by atoms with Crippen molar-refractivity contribution in [2.75, 3.05) is 6.61 Å². The number of carbonyl (C=O) groups excluding carboxylic acids is 4. The number of alkyl carbamates (subject to hydrolysis) is 1. The average molecular weight is 584 g/mol. The van der Waals surface area contributed by atoms with Crippen LogP contribution >= 0.6 is 34.8 Å². The zero-order valence-corrected chi connectivity index (χ0v) is 22.2. The van der Waals surface area contributed by atoms with Crippen molar-refractivity contribution in [3.63, 3.8) is 0 Å². The average Bonchev–Trinajstić information content (AvgIpc) is 2.79. The molecule has 5 atom stereocenters. The van der Waals surface area contributed by atoms with Crippen molar-refractivity contribution in [1.82, 2.24) is 5.32 Å². The summed E-state index contributed by atoms with van der Waals surface area (Å²) in [6, 6.07) is 7.29. The van der Waals surface area contributed by atoms with Crippen LogP contribution < -0.4 is 5.32 Å². The topological polar surface area (TPSA) is 160 Å². The molecule has 0 radical (unpaired) electrons. The third kappa shape index (κ3) is 9.88. The van der Waals surface area contributed by atoms with Crippen LogP contribution in [0.25, 0.3) is 0 Å². The lowest BCUT2D eigenvalue weighted by molar-refractivity contribution is -0.260. The number of rotatable bonds is 8. The van der Waals surface area contributed by atoms with Gasteiger partial charge in [0.1, 0.15) is 25.4 Å². The second-order valence-electron chi connectivity index (χ2n) is 7.67. The number of amides is 1. The minimum absolute atomic E-state index is 0.115. The molecule has 0 aromatic heterocycles. The Morgan fingerprint density at radius 3 is 2.05 bits per heavy atom. The lowest BCUT2D eigenvalue weighted by Crippen LogP contribution is -2.67. The molecule has 1 aliphatic heterocycles. The molecule has 1 amide bonds. The summed E-state index contributed by atoms with van der Waals surface area (Å²) in [5, 5.41) is 10.4. The first-order valence-corrected chi connectivity index (χ1v) is 11.8. The van der Waals surface area contributed by atoms with Gasteiger partial charge in [0, 0.05) is 20.8 Å². The summed E-state index contributed by atoms with van der Waals surface area (Å²) >= 11 is 17.2. The van der Waals surface area contributed by atoms with Crippen LogP contribution in [0.2, 0.25) is 0 Å². The Morgan fingerprint density at radius 2 is 1.51 bits per heavy atom. The van der Waals surface area contributed by atoms with Crippen LogP contribution in [0.1, 0.15) is 26.3 Å². The molecule has 15 heteroatoms. The summed E-state index contributed by atoms with van der Waals surface area (Å²) in [6.07, 6.45) is -6.77. The van der Waals surface area contributed by atoms with E-state index in [9.17, 15) is 19.2 Å². The largest absolute Gasteiger partial charge is 0.463 e. The molecule has 1 heterocycles. The summed E-state index contributed by atoms with van der Waals surface area (Å²) in [7, 11) is 0. The first-order chi connectivity index (χ1) is 17.3. The molecule has 1 aromatic rings. The number of hydrogen-bond acceptors (Lipinski definition) is 11. The monoisotopic (exact) mass is 582 g/mol. The third-order valence-electron chi connectivity index (χ3n) is 4.69. The van der Waals surface area contributed by atoms with E-state index in [1.807, 2.05) is 0 Å². The number of nitrogens with one attached hydrogen (secondary N) is 2. The number of halogens is 3. The molecule has 2 rings (SSSR count). The lowest BCUT2D eigenvalue weighted by Gasteiger charge is -2.44. The lowest BCUT2D eigenvalue weighted by atomic mass is 9.96. The Kier molecular flexibility index (Phi) is 11.2. The highest BCUT2D eigenvalue weighted by atomic mass is 35.6. The van der Waals surface area contributed by atoms with Gasteiger partial charge in [0.15, 0.2) is 12.2 Å². The van der Waals surface area contributed by atoms with Gasteiger partial charge >= 0.3 is 24.0 Å². The van der Waals surface area contributed by atoms with Crippen molar-refractivity contribution in [1.29, 1.82) is 5.41 Å². The summed E-state index contributed by atoms with van der Waals surface area (Å²) < 4.78 is 29.6. The van der Waals surface area contributed by atoms with Crippen molar-refractivity contribution in [3.8, 4) is 0 Å². The molecule has 204 valence electrons. The van der Waals surface area contributed by atoms with Crippen LogP contribution in [0.4, 0.5) is 4.79 Å². The number of ether oxygens (including phenoxy) is 6. The Morgan fingerprint density at radius 1 is 0.919 bits per heavy atom. The fraction of sp³-hybridized carbons (Fsp3) is 0.500. The van der Waals surface area contributed by atoms with Crippen LogP contribution in [-0.4, -0.2) is 70.9 Å². The number of hydrogen-bond donors (Lipinski definition) is 2. The molecule has 0 spiro atoms. The standard InChI is InChI=1S/C22H25Cl3N2O10/c1-11(28)32-10-15-17(34-12(2)29)18(35-13(3)30)16(19(36-15)37-20(26)22(23,24)25)27-21(31)33-9-14-7-5-4-6-8-14/h4-8,15-19,26H,9-10H2,1-3H3,(H,27,31)/t15?,16?,17-,18?,19-/m1/s1. The molecule has 3 unspecified atom stereocenters. The molecule has 0 bridgehead atoms. The van der Waals surface area contributed by atoms with Gasteiger partial charge in [-0.2, -0.15) is 0 Å². The van der Waals surface area contributed by atoms with Crippen molar-refractivity contribution in [2.24, 2.45) is 0 Å². The van der Waals surface area contributed by atoms with Gasteiger partial charge in [-0.1, -0.05) is 65.1 Å². The van der Waals surface area contributed by atoms with Gasteiger partial charge in [-0.3, -0.25) is 19.8 Å². The Bertz CT molecular complexity index is 989. The quantitative estimate of drug-likeness (QED) is 0.153. The van der Waals surface area contributed by atoms with Crippen molar-refractivity contribution in [2.45, 2.75) is 61.8 Å². The van der Waals surface area contributed by atoms with E-state index in [4.69, 9.17) is 68.6 Å². The van der Waals surface area contributed by atoms with Crippen molar-refractivity contribution in [3.05, 3.63) is 35.9 Å². The molecular formula is C22H25Cl3N2O10. The zero-order chi connectivity index (χ0) is 27.8. The van der Waals surface area contributed by atoms with Crippen LogP contribution in [0.3, 0.4) is 0 Å². The van der Waals surface area contributed by atoms with Gasteiger partial charge in [0.2, 0.25) is 12.2 Å². The summed E-state index contributed by atoms with van der Waals surface area (Å²) in [5.41, 5.74) is 0.680. The predicted molar refractivity (Wildman–Crippen MR) is 129 cm³/mol. The first kappa shape index (κ1) is 30.4. The van der Waals surface area contributed by atoms with E-state index in [0.717, 1.165) is 20.8 Å². The van der Waals surface area contributed by atoms with Crippen LogP contribution in [0, 0.1) is 5.41 Å². The van der Waals surface area contributed by atoms with Gasteiger partial charge in [0.25, 0.3) is 3.79 Å². The summed E-state index contributed by atoms with van der Waals surface area (Å²) in [6.45, 7) is 2.71. The molecule has 1 aromatic carbocycles. The molecule has 1 fully saturated rings. The minimum Gasteiger partial charge on any atom is -0.463 e. The van der Waals surface area contributed by atoms with Crippen LogP contribution in [-0.2, 0) is 49.4 Å². The van der Waals surface area contributed by atoms with Crippen molar-refractivity contribution < 1.29 is 47.6 Å². The van der Waals surface area contributed by atoms with E-state index in [2.05, 4.69) is 5.32 Å². The van der Waals surface area contributed by atoms with E-state index >= 15 is 0 Å². The van der Waals surface area contributed by atoms with Crippen LogP contribution in [0.15, 0.2) is 30.3 Å². The normalized spacial score (nSPS) is 23.2. The van der Waals surface area contributed by atoms with E-state index in [1.165, 1.54) is 0 Å². The van der Waals surface area contributed by atoms with Gasteiger partial charge in [-0.25, -0.2) is 4.79 Å². The highest BCUT2D eigenvalue weighted by Crippen LogP contribution is 2.32. The molecule has 12 nitrogen and oxygen atoms in total. The zero-order valence-electron chi connectivity index (χ0n) is 19.9. The number of alkyl halides is 3. The van der Waals surface area contributed by atoms with Crippen molar-refractivity contribution >= 4 is 64.7 Å². The maximum Gasteiger partial charge on any atom is 0.408 e. The molecular weight excluding hydrogens is 559 g/mol. The number of benzene rings is 1. The Labute approximate surface area is 227 Å². The highest BCUT2D eigenvalue weighted by molar-refractivity contribution is 6.76. The molecule has 37 heavy (non-hydrogen) atoms. The van der Waals surface area contributed by atoms with Gasteiger partial charge in [-0.05, 0) is 5.56 Å². The van der Waals surface area contributed by atoms with E-state index < -0.39 is 70.9 Å². The molecule has 0 saturated carbocycles. The van der Waals surface area contributed by atoms with E-state index in [1.54, 1.807) is 30.3 Å². The molecule has 1 aliphatic rings. The summed E-state index contributed by atoms with van der Waals surface area (Å²) in [4.78, 5) is 47.9. The van der Waals surface area contributed by atoms with E-state index in [0.29, 0.717) is 5.56 Å². The Hall–Kier alpha value is -2.80. The summed E-state index contributed by atoms with van der Waals surface area (Å²) in [5.74, 6) is -3.21. The van der Waals surface area contributed by atoms with Gasteiger partial charge in [0.05, 0.1) is 0 Å². The first-order valence-electron chi connectivity index (χ1n) is 10.7. The highest BCUT2D eigenvalue weighted by Gasteiger charge is 2.53. The molecule has 2 N–H and O–H groups in total. The third-order valence-corrected chi connectivity index (χ3v) is 5.20. The maximum absolute atomic E-state index is 12.7. The molecule has 0 aliphatic carbocycles. The SMILES string of the molecule is CC(=O)OCC1O[C@H](OC(=N)C(Cl)(Cl)Cl)C(NC(=O)OCc2ccccc2)C(OC(C)=O)[C@@H]1OC(C)=O. The van der Waals surface area contributed by atoms with Gasteiger partial charge < -0.3 is 33.7 Å². The fourth-order valence-electron chi connectivity index (χ4n) is 3.24. The second kappa shape index (κ2) is 13.7.